The minimum Gasteiger partial charge on any atom is -0.381 e. The van der Waals surface area contributed by atoms with Crippen molar-refractivity contribution in [3.63, 3.8) is 0 Å². The summed E-state index contributed by atoms with van der Waals surface area (Å²) in [7, 11) is 0. The molecule has 1 N–H and O–H groups in total. The molecule has 16 heavy (non-hydrogen) atoms. The Bertz CT molecular complexity index is 352. The molecule has 0 atom stereocenters. The molecule has 0 unspecified atom stereocenters. The summed E-state index contributed by atoms with van der Waals surface area (Å²) in [5.41, 5.74) is 1.28. The summed E-state index contributed by atoms with van der Waals surface area (Å²) in [6.07, 6.45) is 1.63. The van der Waals surface area contributed by atoms with Crippen LogP contribution < -0.4 is 5.32 Å². The number of rotatable bonds is 6. The molecule has 0 fully saturated rings. The van der Waals surface area contributed by atoms with Crippen LogP contribution in [0.4, 0.5) is 5.69 Å². The third-order valence-electron chi connectivity index (χ3n) is 2.55. The van der Waals surface area contributed by atoms with Crippen LogP contribution in [0.1, 0.15) is 19.5 Å². The third kappa shape index (κ3) is 3.52. The van der Waals surface area contributed by atoms with Crippen molar-refractivity contribution in [2.45, 2.75) is 13.8 Å². The van der Waals surface area contributed by atoms with Crippen LogP contribution >= 0.6 is 0 Å². The van der Waals surface area contributed by atoms with Crippen LogP contribution in [0.25, 0.3) is 0 Å². The highest BCUT2D eigenvalue weighted by molar-refractivity contribution is 5.53. The summed E-state index contributed by atoms with van der Waals surface area (Å²) in [5.74, 6) is 0. The number of anilines is 1. The zero-order valence-corrected chi connectivity index (χ0v) is 9.90. The highest BCUT2D eigenvalue weighted by atomic mass is 15.1. The highest BCUT2D eigenvalue weighted by Gasteiger charge is 2.02. The van der Waals surface area contributed by atoms with Gasteiger partial charge in [-0.05, 0) is 25.2 Å². The Morgan fingerprint density at radius 3 is 2.81 bits per heavy atom. The second-order valence-electron chi connectivity index (χ2n) is 3.47. The minimum atomic E-state index is 0.460. The molecule has 0 saturated carbocycles. The topological polar surface area (TPSA) is 52.0 Å². The molecule has 86 valence electrons. The van der Waals surface area contributed by atoms with Crippen LogP contribution in [-0.4, -0.2) is 36.1 Å². The molecule has 0 spiro atoms. The Morgan fingerprint density at radius 1 is 1.44 bits per heavy atom. The number of likely N-dealkylation sites (N-methyl/N-ethyl adjacent to an activating group) is 1. The fraction of sp³-hybridized carbons (Fsp3) is 0.500. The lowest BCUT2D eigenvalue weighted by Gasteiger charge is -2.18. The maximum absolute atomic E-state index is 8.86. The molecule has 0 aromatic carbocycles. The number of nitriles is 1. The summed E-state index contributed by atoms with van der Waals surface area (Å²) in [4.78, 5) is 6.33. The molecule has 1 heterocycles. The van der Waals surface area contributed by atoms with Crippen LogP contribution in [0.15, 0.2) is 18.3 Å². The van der Waals surface area contributed by atoms with Crippen molar-refractivity contribution in [3.8, 4) is 6.07 Å². The number of nitrogens with one attached hydrogen (secondary N) is 1. The van der Waals surface area contributed by atoms with Crippen molar-refractivity contribution in [3.05, 3.63) is 24.0 Å². The van der Waals surface area contributed by atoms with E-state index in [1.54, 1.807) is 6.20 Å². The maximum atomic E-state index is 8.86. The smallest absolute Gasteiger partial charge is 0.163 e. The van der Waals surface area contributed by atoms with Crippen molar-refractivity contribution < 1.29 is 0 Å². The van der Waals surface area contributed by atoms with Crippen LogP contribution in [0.3, 0.4) is 0 Å². The average Bonchev–Trinajstić information content (AvgIpc) is 2.35. The van der Waals surface area contributed by atoms with E-state index in [0.717, 1.165) is 31.9 Å². The van der Waals surface area contributed by atoms with Gasteiger partial charge in [0, 0.05) is 19.3 Å². The molecule has 0 saturated heterocycles. The van der Waals surface area contributed by atoms with E-state index < -0.39 is 0 Å². The summed E-state index contributed by atoms with van der Waals surface area (Å²) in [6.45, 7) is 8.21. The number of aromatic nitrogens is 1. The van der Waals surface area contributed by atoms with Gasteiger partial charge in [-0.25, -0.2) is 4.98 Å². The molecule has 0 aliphatic carbocycles. The van der Waals surface area contributed by atoms with E-state index in [4.69, 9.17) is 5.26 Å². The largest absolute Gasteiger partial charge is 0.381 e. The summed E-state index contributed by atoms with van der Waals surface area (Å²) in [5, 5.41) is 12.1. The Kier molecular flexibility index (Phi) is 5.30. The van der Waals surface area contributed by atoms with Gasteiger partial charge in [-0.3, -0.25) is 0 Å². The standard InChI is InChI=1S/C12H18N4/c1-3-16(4-2)9-8-15-11-6-5-7-14-12(11)10-13/h5-7,15H,3-4,8-9H2,1-2H3. The van der Waals surface area contributed by atoms with Gasteiger partial charge in [-0.1, -0.05) is 13.8 Å². The van der Waals surface area contributed by atoms with Gasteiger partial charge in [0.25, 0.3) is 0 Å². The lowest BCUT2D eigenvalue weighted by atomic mass is 10.3. The van der Waals surface area contributed by atoms with Crippen LogP contribution in [0, 0.1) is 11.3 Å². The van der Waals surface area contributed by atoms with Crippen LogP contribution in [-0.2, 0) is 0 Å². The third-order valence-corrected chi connectivity index (χ3v) is 2.55. The fourth-order valence-electron chi connectivity index (χ4n) is 1.53. The number of hydrogen-bond donors (Lipinski definition) is 1. The van der Waals surface area contributed by atoms with Crippen molar-refractivity contribution in [2.24, 2.45) is 0 Å². The molecular weight excluding hydrogens is 200 g/mol. The lowest BCUT2D eigenvalue weighted by Crippen LogP contribution is -2.28. The SMILES string of the molecule is CCN(CC)CCNc1cccnc1C#N. The highest BCUT2D eigenvalue weighted by Crippen LogP contribution is 2.09. The van der Waals surface area contributed by atoms with Gasteiger partial charge in [0.15, 0.2) is 5.69 Å². The predicted octanol–water partition coefficient (Wildman–Crippen LogP) is 1.71. The van der Waals surface area contributed by atoms with Gasteiger partial charge in [0.2, 0.25) is 0 Å². The minimum absolute atomic E-state index is 0.460. The quantitative estimate of drug-likeness (QED) is 0.789. The molecular formula is C12H18N4. The first kappa shape index (κ1) is 12.5. The molecule has 1 aromatic heterocycles. The Balaban J connectivity index is 2.46. The van der Waals surface area contributed by atoms with Gasteiger partial charge < -0.3 is 10.2 Å². The van der Waals surface area contributed by atoms with E-state index in [2.05, 4.69) is 35.1 Å². The van der Waals surface area contributed by atoms with Gasteiger partial charge >= 0.3 is 0 Å². The summed E-state index contributed by atoms with van der Waals surface area (Å²) in [6, 6.07) is 5.79. The van der Waals surface area contributed by atoms with E-state index in [1.165, 1.54) is 0 Å². The van der Waals surface area contributed by atoms with Crippen LogP contribution in [0.5, 0.6) is 0 Å². The summed E-state index contributed by atoms with van der Waals surface area (Å²) < 4.78 is 0. The number of nitrogens with zero attached hydrogens (tertiary/aromatic N) is 3. The van der Waals surface area contributed by atoms with Gasteiger partial charge in [-0.2, -0.15) is 5.26 Å². The zero-order chi connectivity index (χ0) is 11.8. The molecule has 0 aliphatic rings. The van der Waals surface area contributed by atoms with E-state index in [9.17, 15) is 0 Å². The Morgan fingerprint density at radius 2 is 2.19 bits per heavy atom. The molecule has 4 heteroatoms. The van der Waals surface area contributed by atoms with Gasteiger partial charge in [0.05, 0.1) is 5.69 Å². The second-order valence-corrected chi connectivity index (χ2v) is 3.47. The van der Waals surface area contributed by atoms with Crippen molar-refractivity contribution in [1.29, 1.82) is 5.26 Å². The second kappa shape index (κ2) is 6.81. The fourth-order valence-corrected chi connectivity index (χ4v) is 1.53. The van der Waals surface area contributed by atoms with E-state index in [-0.39, 0.29) is 0 Å². The zero-order valence-electron chi connectivity index (χ0n) is 9.90. The maximum Gasteiger partial charge on any atom is 0.163 e. The van der Waals surface area contributed by atoms with Gasteiger partial charge in [-0.15, -0.1) is 0 Å². The Labute approximate surface area is 96.9 Å². The first-order valence-corrected chi connectivity index (χ1v) is 5.63. The molecule has 0 bridgehead atoms. The first-order valence-electron chi connectivity index (χ1n) is 5.63. The first-order chi connectivity index (χ1) is 7.81. The average molecular weight is 218 g/mol. The molecule has 4 nitrogen and oxygen atoms in total. The van der Waals surface area contributed by atoms with Crippen LogP contribution in [0.2, 0.25) is 0 Å². The number of hydrogen-bond acceptors (Lipinski definition) is 4. The monoisotopic (exact) mass is 218 g/mol. The molecule has 1 rings (SSSR count). The van der Waals surface area contributed by atoms with E-state index in [1.807, 2.05) is 12.1 Å². The molecule has 0 aliphatic heterocycles. The predicted molar refractivity (Wildman–Crippen MR) is 65.2 cm³/mol. The normalized spacial score (nSPS) is 10.1. The van der Waals surface area contributed by atoms with Crippen molar-refractivity contribution in [1.82, 2.24) is 9.88 Å². The van der Waals surface area contributed by atoms with E-state index in [0.29, 0.717) is 5.69 Å². The van der Waals surface area contributed by atoms with Gasteiger partial charge in [0.1, 0.15) is 6.07 Å². The van der Waals surface area contributed by atoms with E-state index >= 15 is 0 Å². The molecule has 1 aromatic rings. The van der Waals surface area contributed by atoms with Crippen molar-refractivity contribution >= 4 is 5.69 Å². The molecule has 0 radical (unpaired) electrons. The summed E-state index contributed by atoms with van der Waals surface area (Å²) >= 11 is 0. The number of pyridine rings is 1. The molecule has 0 amide bonds. The Hall–Kier alpha value is -1.60. The lowest BCUT2D eigenvalue weighted by molar-refractivity contribution is 0.316. The van der Waals surface area contributed by atoms with Crippen molar-refractivity contribution in [2.75, 3.05) is 31.5 Å².